The molecule has 0 unspecified atom stereocenters. The van der Waals surface area contributed by atoms with Crippen molar-refractivity contribution < 1.29 is 17.9 Å². The van der Waals surface area contributed by atoms with Crippen LogP contribution in [-0.2, 0) is 0 Å². The molecular formula is C22H19F3N6O. The van der Waals surface area contributed by atoms with Crippen LogP contribution in [0.15, 0.2) is 36.4 Å². The Morgan fingerprint density at radius 2 is 1.94 bits per heavy atom. The van der Waals surface area contributed by atoms with Crippen LogP contribution in [0.3, 0.4) is 0 Å². The molecule has 7 nitrogen and oxygen atoms in total. The number of aromatic amines is 1. The molecule has 32 heavy (non-hydrogen) atoms. The first-order valence-electron chi connectivity index (χ1n) is 10.1. The highest BCUT2D eigenvalue weighted by Gasteiger charge is 2.23. The number of rotatable bonds is 4. The predicted molar refractivity (Wildman–Crippen MR) is 113 cm³/mol. The highest BCUT2D eigenvalue weighted by atomic mass is 19.2. The van der Waals surface area contributed by atoms with Crippen molar-refractivity contribution in [3.63, 3.8) is 0 Å². The Bertz CT molecular complexity index is 1300. The molecule has 1 fully saturated rings. The van der Waals surface area contributed by atoms with Crippen molar-refractivity contribution in [1.82, 2.24) is 25.5 Å². The number of hydrogen-bond acceptors (Lipinski definition) is 6. The van der Waals surface area contributed by atoms with E-state index in [4.69, 9.17) is 10.5 Å². The number of halogens is 3. The topological polar surface area (TPSA) is 102 Å². The maximum absolute atomic E-state index is 14.9. The first kappa shape index (κ1) is 20.3. The molecule has 1 aliphatic heterocycles. The van der Waals surface area contributed by atoms with Gasteiger partial charge in [-0.15, -0.1) is 0 Å². The van der Waals surface area contributed by atoms with Crippen molar-refractivity contribution in [3.8, 4) is 22.8 Å². The molecule has 0 aliphatic carbocycles. The molecule has 2 aromatic heterocycles. The Balaban J connectivity index is 1.48. The van der Waals surface area contributed by atoms with Crippen LogP contribution in [0.2, 0.25) is 0 Å². The van der Waals surface area contributed by atoms with E-state index < -0.39 is 17.5 Å². The molecule has 1 saturated heterocycles. The Hall–Kier alpha value is -3.66. The van der Waals surface area contributed by atoms with Gasteiger partial charge in [-0.1, -0.05) is 6.07 Å². The lowest BCUT2D eigenvalue weighted by atomic mass is 9.98. The van der Waals surface area contributed by atoms with Gasteiger partial charge in [0.15, 0.2) is 17.2 Å². The van der Waals surface area contributed by atoms with Gasteiger partial charge in [-0.3, -0.25) is 5.10 Å². The van der Waals surface area contributed by atoms with E-state index >= 15 is 0 Å². The van der Waals surface area contributed by atoms with Gasteiger partial charge in [0.05, 0.1) is 11.1 Å². The van der Waals surface area contributed by atoms with Crippen LogP contribution in [0, 0.1) is 17.5 Å². The Morgan fingerprint density at radius 1 is 1.06 bits per heavy atom. The largest absolute Gasteiger partial charge is 0.454 e. The number of aromatic nitrogens is 4. The van der Waals surface area contributed by atoms with Crippen molar-refractivity contribution in [2.45, 2.75) is 18.8 Å². The smallest absolute Gasteiger partial charge is 0.201 e. The standard InChI is InChI=1S/C22H19F3N6O/c23-14-4-1-5-16(18(14)25)32-12-6-7-13(15(24)9-12)19-17-20(26)28-21(29-22(17)31-30-19)11-3-2-8-27-10-11/h1,4-7,9,11,27H,2-3,8,10H2,(H3,26,28,29,30,31)/t11-/m1/s1. The van der Waals surface area contributed by atoms with E-state index in [9.17, 15) is 13.2 Å². The second-order valence-corrected chi connectivity index (χ2v) is 7.60. The molecule has 5 rings (SSSR count). The van der Waals surface area contributed by atoms with Crippen molar-refractivity contribution in [2.75, 3.05) is 18.8 Å². The van der Waals surface area contributed by atoms with Crippen LogP contribution >= 0.6 is 0 Å². The molecule has 1 aliphatic rings. The number of nitrogen functional groups attached to an aromatic ring is 1. The molecular weight excluding hydrogens is 421 g/mol. The fraction of sp³-hybridized carbons (Fsp3) is 0.227. The Labute approximate surface area is 180 Å². The number of nitrogens with zero attached hydrogens (tertiary/aromatic N) is 3. The van der Waals surface area contributed by atoms with Gasteiger partial charge < -0.3 is 15.8 Å². The molecule has 4 aromatic rings. The van der Waals surface area contributed by atoms with E-state index in [0.717, 1.165) is 38.1 Å². The molecule has 0 saturated carbocycles. The summed E-state index contributed by atoms with van der Waals surface area (Å²) in [6, 6.07) is 7.48. The van der Waals surface area contributed by atoms with Crippen LogP contribution in [0.5, 0.6) is 11.5 Å². The minimum absolute atomic E-state index is 0.0101. The molecule has 10 heteroatoms. The number of nitrogens with two attached hydrogens (primary N) is 1. The molecule has 0 spiro atoms. The van der Waals surface area contributed by atoms with Crippen molar-refractivity contribution in [3.05, 3.63) is 59.7 Å². The SMILES string of the molecule is Nc1nc([C@@H]2CCCNC2)nc2n[nH]c(-c3ccc(Oc4cccc(F)c4F)cc3F)c12. The normalized spacial score (nSPS) is 16.4. The molecule has 2 aromatic carbocycles. The summed E-state index contributed by atoms with van der Waals surface area (Å²) in [7, 11) is 0. The minimum Gasteiger partial charge on any atom is -0.454 e. The zero-order chi connectivity index (χ0) is 22.2. The summed E-state index contributed by atoms with van der Waals surface area (Å²) in [5.74, 6) is -2.23. The summed E-state index contributed by atoms with van der Waals surface area (Å²) in [6.45, 7) is 1.73. The molecule has 0 bridgehead atoms. The van der Waals surface area contributed by atoms with E-state index in [-0.39, 0.29) is 28.8 Å². The summed E-state index contributed by atoms with van der Waals surface area (Å²) in [5.41, 5.74) is 7.05. The zero-order valence-electron chi connectivity index (χ0n) is 16.8. The van der Waals surface area contributed by atoms with Gasteiger partial charge in [-0.25, -0.2) is 18.7 Å². The number of anilines is 1. The molecule has 0 amide bonds. The van der Waals surface area contributed by atoms with Crippen LogP contribution in [-0.4, -0.2) is 33.3 Å². The van der Waals surface area contributed by atoms with E-state index in [1.54, 1.807) is 0 Å². The minimum atomic E-state index is -1.15. The number of benzene rings is 2. The van der Waals surface area contributed by atoms with Crippen LogP contribution in [0.25, 0.3) is 22.3 Å². The molecule has 1 atom stereocenters. The average Bonchev–Trinajstić information content (AvgIpc) is 3.22. The molecule has 0 radical (unpaired) electrons. The summed E-state index contributed by atoms with van der Waals surface area (Å²) in [6.07, 6.45) is 1.98. The van der Waals surface area contributed by atoms with E-state index in [1.165, 1.54) is 24.3 Å². The fourth-order valence-electron chi connectivity index (χ4n) is 3.87. The first-order valence-corrected chi connectivity index (χ1v) is 10.1. The highest BCUT2D eigenvalue weighted by Crippen LogP contribution is 2.35. The Morgan fingerprint density at radius 3 is 2.72 bits per heavy atom. The highest BCUT2D eigenvalue weighted by molar-refractivity contribution is 5.98. The second-order valence-electron chi connectivity index (χ2n) is 7.60. The lowest BCUT2D eigenvalue weighted by Crippen LogP contribution is -2.29. The zero-order valence-corrected chi connectivity index (χ0v) is 16.8. The number of nitrogens with one attached hydrogen (secondary N) is 2. The lowest BCUT2D eigenvalue weighted by Gasteiger charge is -2.21. The monoisotopic (exact) mass is 440 g/mol. The third-order valence-corrected chi connectivity index (χ3v) is 5.47. The number of piperidine rings is 1. The van der Waals surface area contributed by atoms with Crippen LogP contribution < -0.4 is 15.8 Å². The molecule has 164 valence electrons. The van der Waals surface area contributed by atoms with Crippen LogP contribution in [0.4, 0.5) is 19.0 Å². The summed E-state index contributed by atoms with van der Waals surface area (Å²) in [4.78, 5) is 8.98. The first-order chi connectivity index (χ1) is 15.5. The van der Waals surface area contributed by atoms with Gasteiger partial charge >= 0.3 is 0 Å². The van der Waals surface area contributed by atoms with E-state index in [2.05, 4.69) is 25.5 Å². The molecule has 4 N–H and O–H groups in total. The third kappa shape index (κ3) is 3.62. The fourth-order valence-corrected chi connectivity index (χ4v) is 3.87. The predicted octanol–water partition coefficient (Wildman–Crippen LogP) is 4.28. The third-order valence-electron chi connectivity index (χ3n) is 5.47. The number of hydrogen-bond donors (Lipinski definition) is 3. The summed E-state index contributed by atoms with van der Waals surface area (Å²) < 4.78 is 47.5. The lowest BCUT2D eigenvalue weighted by molar-refractivity contribution is 0.414. The van der Waals surface area contributed by atoms with Crippen molar-refractivity contribution in [2.24, 2.45) is 0 Å². The maximum atomic E-state index is 14.9. The van der Waals surface area contributed by atoms with E-state index in [0.29, 0.717) is 22.6 Å². The number of fused-ring (bicyclic) bond motifs is 1. The summed E-state index contributed by atoms with van der Waals surface area (Å²) in [5, 5.41) is 10.7. The number of ether oxygens (including phenoxy) is 1. The van der Waals surface area contributed by atoms with Gasteiger partial charge in [0.2, 0.25) is 5.82 Å². The average molecular weight is 440 g/mol. The maximum Gasteiger partial charge on any atom is 0.201 e. The second kappa shape index (κ2) is 8.12. The quantitative estimate of drug-likeness (QED) is 0.438. The molecule has 3 heterocycles. The van der Waals surface area contributed by atoms with Gasteiger partial charge in [0.1, 0.15) is 23.2 Å². The van der Waals surface area contributed by atoms with Gasteiger partial charge in [-0.2, -0.15) is 9.49 Å². The van der Waals surface area contributed by atoms with Gasteiger partial charge in [-0.05, 0) is 43.7 Å². The van der Waals surface area contributed by atoms with Gasteiger partial charge in [0, 0.05) is 24.1 Å². The summed E-state index contributed by atoms with van der Waals surface area (Å²) >= 11 is 0. The van der Waals surface area contributed by atoms with Gasteiger partial charge in [0.25, 0.3) is 0 Å². The number of H-pyrrole nitrogens is 1. The van der Waals surface area contributed by atoms with Crippen LogP contribution in [0.1, 0.15) is 24.6 Å². The van der Waals surface area contributed by atoms with Crippen molar-refractivity contribution in [1.29, 1.82) is 0 Å². The van der Waals surface area contributed by atoms with E-state index in [1.807, 2.05) is 0 Å². The van der Waals surface area contributed by atoms with Crippen molar-refractivity contribution >= 4 is 16.9 Å². The Kier molecular flexibility index (Phi) is 5.14.